The summed E-state index contributed by atoms with van der Waals surface area (Å²) in [4.78, 5) is 26.1. The first-order chi connectivity index (χ1) is 10.8. The summed E-state index contributed by atoms with van der Waals surface area (Å²) < 4.78 is 0. The van der Waals surface area contributed by atoms with Gasteiger partial charge in [-0.2, -0.15) is 0 Å². The predicted octanol–water partition coefficient (Wildman–Crippen LogP) is 3.15. The van der Waals surface area contributed by atoms with Crippen LogP contribution < -0.4 is 10.6 Å². The maximum Gasteiger partial charge on any atom is 0.321 e. The Balaban J connectivity index is 1.82. The van der Waals surface area contributed by atoms with Gasteiger partial charge in [0.2, 0.25) is 5.91 Å². The molecule has 2 rings (SSSR count). The summed E-state index contributed by atoms with van der Waals surface area (Å²) in [5.74, 6) is 0.0696. The minimum atomic E-state index is -0.375. The van der Waals surface area contributed by atoms with Crippen molar-refractivity contribution >= 4 is 17.6 Å². The Morgan fingerprint density at radius 2 is 1.83 bits per heavy atom. The van der Waals surface area contributed by atoms with E-state index in [1.54, 1.807) is 0 Å². The van der Waals surface area contributed by atoms with E-state index in [4.69, 9.17) is 0 Å². The van der Waals surface area contributed by atoms with Gasteiger partial charge in [-0.3, -0.25) is 4.79 Å². The molecule has 1 heterocycles. The van der Waals surface area contributed by atoms with Crippen LogP contribution in [0.25, 0.3) is 0 Å². The maximum atomic E-state index is 12.3. The topological polar surface area (TPSA) is 61.4 Å². The number of piperidine rings is 1. The first-order valence-corrected chi connectivity index (χ1v) is 8.19. The molecule has 0 unspecified atom stereocenters. The SMILES string of the molecule is Cc1cccc(NC(=O)N2CCC(NC(=O)C(C)(C)C)CC2)c1. The molecule has 126 valence electrons. The van der Waals surface area contributed by atoms with Crippen molar-refractivity contribution in [1.82, 2.24) is 10.2 Å². The van der Waals surface area contributed by atoms with Crippen LogP contribution in [0.1, 0.15) is 39.2 Å². The second-order valence-corrected chi connectivity index (χ2v) is 7.28. The molecule has 1 fully saturated rings. The highest BCUT2D eigenvalue weighted by atomic mass is 16.2. The van der Waals surface area contributed by atoms with Gasteiger partial charge in [-0.05, 0) is 37.5 Å². The van der Waals surface area contributed by atoms with Gasteiger partial charge in [0, 0.05) is 30.2 Å². The minimum Gasteiger partial charge on any atom is -0.353 e. The Morgan fingerprint density at radius 3 is 2.39 bits per heavy atom. The fourth-order valence-electron chi connectivity index (χ4n) is 2.55. The molecule has 0 atom stereocenters. The Labute approximate surface area is 138 Å². The second-order valence-electron chi connectivity index (χ2n) is 7.28. The van der Waals surface area contributed by atoms with Crippen molar-refractivity contribution in [2.24, 2.45) is 5.41 Å². The number of nitrogens with one attached hydrogen (secondary N) is 2. The molecule has 1 aromatic rings. The standard InChI is InChI=1S/C18H27N3O2/c1-13-6-5-7-15(12-13)20-17(23)21-10-8-14(9-11-21)19-16(22)18(2,3)4/h5-7,12,14H,8-11H2,1-4H3,(H,19,22)(H,20,23). The molecule has 1 aromatic carbocycles. The summed E-state index contributed by atoms with van der Waals surface area (Å²) in [6.45, 7) is 9.05. The van der Waals surface area contributed by atoms with Gasteiger partial charge in [0.25, 0.3) is 0 Å². The van der Waals surface area contributed by atoms with Crippen LogP contribution in [0.3, 0.4) is 0 Å². The van der Waals surface area contributed by atoms with E-state index < -0.39 is 0 Å². The van der Waals surface area contributed by atoms with Crippen LogP contribution in [-0.4, -0.2) is 36.0 Å². The van der Waals surface area contributed by atoms with Crippen LogP contribution in [0.15, 0.2) is 24.3 Å². The molecule has 0 bridgehead atoms. The zero-order valence-electron chi connectivity index (χ0n) is 14.5. The molecule has 5 heteroatoms. The Hall–Kier alpha value is -2.04. The number of amides is 3. The Morgan fingerprint density at radius 1 is 1.17 bits per heavy atom. The number of hydrogen-bond donors (Lipinski definition) is 2. The van der Waals surface area contributed by atoms with Gasteiger partial charge >= 0.3 is 6.03 Å². The van der Waals surface area contributed by atoms with Crippen molar-refractivity contribution in [2.75, 3.05) is 18.4 Å². The van der Waals surface area contributed by atoms with Crippen molar-refractivity contribution in [3.63, 3.8) is 0 Å². The van der Waals surface area contributed by atoms with Crippen molar-refractivity contribution in [3.05, 3.63) is 29.8 Å². The number of carbonyl (C=O) groups is 2. The third-order valence-corrected chi connectivity index (χ3v) is 4.07. The second kappa shape index (κ2) is 7.02. The summed E-state index contributed by atoms with van der Waals surface area (Å²) in [7, 11) is 0. The van der Waals surface area contributed by atoms with E-state index >= 15 is 0 Å². The zero-order chi connectivity index (χ0) is 17.0. The number of nitrogens with zero attached hydrogens (tertiary/aromatic N) is 1. The zero-order valence-corrected chi connectivity index (χ0v) is 14.5. The number of anilines is 1. The molecular formula is C18H27N3O2. The van der Waals surface area contributed by atoms with E-state index in [2.05, 4.69) is 10.6 Å². The number of rotatable bonds is 2. The maximum absolute atomic E-state index is 12.3. The van der Waals surface area contributed by atoms with Gasteiger partial charge in [-0.15, -0.1) is 0 Å². The van der Waals surface area contributed by atoms with Crippen LogP contribution >= 0.6 is 0 Å². The lowest BCUT2D eigenvalue weighted by atomic mass is 9.94. The third-order valence-electron chi connectivity index (χ3n) is 4.07. The van der Waals surface area contributed by atoms with Crippen LogP contribution in [-0.2, 0) is 4.79 Å². The van der Waals surface area contributed by atoms with Gasteiger partial charge in [-0.1, -0.05) is 32.9 Å². The molecule has 0 radical (unpaired) electrons. The minimum absolute atomic E-state index is 0.0696. The monoisotopic (exact) mass is 317 g/mol. The van der Waals surface area contributed by atoms with E-state index in [0.717, 1.165) is 24.1 Å². The summed E-state index contributed by atoms with van der Waals surface area (Å²) >= 11 is 0. The average Bonchev–Trinajstić information content (AvgIpc) is 2.47. The van der Waals surface area contributed by atoms with E-state index in [1.165, 1.54) is 0 Å². The average molecular weight is 317 g/mol. The number of likely N-dealkylation sites (tertiary alicyclic amines) is 1. The highest BCUT2D eigenvalue weighted by molar-refractivity contribution is 5.89. The molecule has 2 N–H and O–H groups in total. The molecule has 0 aromatic heterocycles. The van der Waals surface area contributed by atoms with Gasteiger partial charge in [-0.25, -0.2) is 4.79 Å². The van der Waals surface area contributed by atoms with Crippen LogP contribution in [0, 0.1) is 12.3 Å². The first kappa shape index (κ1) is 17.3. The van der Waals surface area contributed by atoms with Crippen molar-refractivity contribution in [1.29, 1.82) is 0 Å². The fourth-order valence-corrected chi connectivity index (χ4v) is 2.55. The van der Waals surface area contributed by atoms with Crippen LogP contribution in [0.5, 0.6) is 0 Å². The Bertz CT molecular complexity index is 570. The molecule has 1 aliphatic heterocycles. The molecule has 1 aliphatic rings. The van der Waals surface area contributed by atoms with Crippen LogP contribution in [0.4, 0.5) is 10.5 Å². The van der Waals surface area contributed by atoms with Gasteiger partial charge in [0.15, 0.2) is 0 Å². The quantitative estimate of drug-likeness (QED) is 0.880. The first-order valence-electron chi connectivity index (χ1n) is 8.19. The van der Waals surface area contributed by atoms with Crippen molar-refractivity contribution in [2.45, 2.75) is 46.6 Å². The lowest BCUT2D eigenvalue weighted by molar-refractivity contribution is -0.129. The molecule has 0 saturated carbocycles. The molecule has 1 saturated heterocycles. The predicted molar refractivity (Wildman–Crippen MR) is 92.4 cm³/mol. The number of hydrogen-bond acceptors (Lipinski definition) is 2. The summed E-state index contributed by atoms with van der Waals surface area (Å²) in [5.41, 5.74) is 1.56. The number of benzene rings is 1. The number of urea groups is 1. The summed E-state index contributed by atoms with van der Waals surface area (Å²) in [5, 5.41) is 6.01. The highest BCUT2D eigenvalue weighted by Gasteiger charge is 2.27. The summed E-state index contributed by atoms with van der Waals surface area (Å²) in [6, 6.07) is 7.86. The number of carbonyl (C=O) groups excluding carboxylic acids is 2. The highest BCUT2D eigenvalue weighted by Crippen LogP contribution is 2.17. The smallest absolute Gasteiger partial charge is 0.321 e. The van der Waals surface area contributed by atoms with Crippen molar-refractivity contribution < 1.29 is 9.59 Å². The molecular weight excluding hydrogens is 290 g/mol. The molecule has 23 heavy (non-hydrogen) atoms. The molecule has 0 aliphatic carbocycles. The normalized spacial score (nSPS) is 16.1. The van der Waals surface area contributed by atoms with E-state index in [9.17, 15) is 9.59 Å². The van der Waals surface area contributed by atoms with Gasteiger partial charge in [0.05, 0.1) is 0 Å². The van der Waals surface area contributed by atoms with E-state index in [1.807, 2.05) is 56.9 Å². The fraction of sp³-hybridized carbons (Fsp3) is 0.556. The van der Waals surface area contributed by atoms with E-state index in [-0.39, 0.29) is 23.4 Å². The Kier molecular flexibility index (Phi) is 5.29. The van der Waals surface area contributed by atoms with Crippen molar-refractivity contribution in [3.8, 4) is 0 Å². The summed E-state index contributed by atoms with van der Waals surface area (Å²) in [6.07, 6.45) is 1.59. The van der Waals surface area contributed by atoms with Gasteiger partial charge in [0.1, 0.15) is 0 Å². The van der Waals surface area contributed by atoms with E-state index in [0.29, 0.717) is 13.1 Å². The lowest BCUT2D eigenvalue weighted by Gasteiger charge is -2.33. The molecule has 5 nitrogen and oxygen atoms in total. The van der Waals surface area contributed by atoms with Gasteiger partial charge < -0.3 is 15.5 Å². The lowest BCUT2D eigenvalue weighted by Crippen LogP contribution is -2.49. The molecule has 0 spiro atoms. The van der Waals surface area contributed by atoms with Crippen LogP contribution in [0.2, 0.25) is 0 Å². The third kappa shape index (κ3) is 4.98. The number of aryl methyl sites for hydroxylation is 1. The molecule has 3 amide bonds. The largest absolute Gasteiger partial charge is 0.353 e.